The molecule has 21 heavy (non-hydrogen) atoms. The molecule has 0 bridgehead atoms. The summed E-state index contributed by atoms with van der Waals surface area (Å²) in [5.74, 6) is 0. The topological polar surface area (TPSA) is 42.7 Å². The van der Waals surface area contributed by atoms with Gasteiger partial charge in [-0.3, -0.25) is 4.68 Å². The van der Waals surface area contributed by atoms with Gasteiger partial charge in [0, 0.05) is 7.05 Å². The summed E-state index contributed by atoms with van der Waals surface area (Å²) in [5, 5.41) is 11.0. The van der Waals surface area contributed by atoms with Crippen molar-refractivity contribution in [3.8, 4) is 0 Å². The fourth-order valence-electron chi connectivity index (χ4n) is 2.21. The monoisotopic (exact) mass is 298 g/mol. The fourth-order valence-corrected chi connectivity index (χ4v) is 2.21. The smallest absolute Gasteiger partial charge is 0.309 e. The number of hydrogen-bond donors (Lipinski definition) is 1. The Labute approximate surface area is 121 Å². The molecule has 0 saturated carbocycles. The van der Waals surface area contributed by atoms with Gasteiger partial charge in [0.1, 0.15) is 0 Å². The van der Waals surface area contributed by atoms with Crippen molar-refractivity contribution in [1.29, 1.82) is 0 Å². The summed E-state index contributed by atoms with van der Waals surface area (Å²) in [5.41, 5.74) is 1.10. The van der Waals surface area contributed by atoms with Crippen molar-refractivity contribution in [3.63, 3.8) is 0 Å². The summed E-state index contributed by atoms with van der Waals surface area (Å²) < 4.78 is 39.3. The van der Waals surface area contributed by atoms with E-state index in [1.807, 2.05) is 6.92 Å². The van der Waals surface area contributed by atoms with Crippen molar-refractivity contribution >= 4 is 0 Å². The Morgan fingerprint density at radius 3 is 2.38 bits per heavy atom. The summed E-state index contributed by atoms with van der Waals surface area (Å²) in [7, 11) is 1.79. The molecule has 2 rings (SSSR count). The first-order valence-electron chi connectivity index (χ1n) is 6.66. The molecule has 0 saturated heterocycles. The van der Waals surface area contributed by atoms with E-state index in [1.54, 1.807) is 17.9 Å². The highest BCUT2D eigenvalue weighted by Crippen LogP contribution is 2.29. The number of rotatable bonds is 5. The van der Waals surface area contributed by atoms with Gasteiger partial charge in [0.05, 0.1) is 23.5 Å². The van der Waals surface area contributed by atoms with Gasteiger partial charge in [0.25, 0.3) is 0 Å². The van der Waals surface area contributed by atoms with E-state index < -0.39 is 11.7 Å². The van der Waals surface area contributed by atoms with Gasteiger partial charge in [-0.15, -0.1) is 5.10 Å². The molecule has 1 N–H and O–H groups in total. The van der Waals surface area contributed by atoms with Crippen LogP contribution in [0.2, 0.25) is 0 Å². The van der Waals surface area contributed by atoms with Gasteiger partial charge in [0.15, 0.2) is 0 Å². The van der Waals surface area contributed by atoms with E-state index in [2.05, 4.69) is 15.6 Å². The van der Waals surface area contributed by atoms with Crippen LogP contribution in [0.25, 0.3) is 0 Å². The molecule has 4 nitrogen and oxygen atoms in total. The zero-order valence-electron chi connectivity index (χ0n) is 11.9. The van der Waals surface area contributed by atoms with Crippen molar-refractivity contribution in [3.05, 3.63) is 47.3 Å². The Bertz CT molecular complexity index is 575. The van der Waals surface area contributed by atoms with Gasteiger partial charge in [-0.25, -0.2) is 0 Å². The Balaban J connectivity index is 2.16. The first-order valence-corrected chi connectivity index (χ1v) is 6.66. The van der Waals surface area contributed by atoms with Crippen molar-refractivity contribution < 1.29 is 13.2 Å². The number of aryl methyl sites for hydroxylation is 1. The van der Waals surface area contributed by atoms with Crippen LogP contribution in [0.15, 0.2) is 30.5 Å². The Kier molecular flexibility index (Phi) is 4.62. The molecule has 1 aromatic heterocycles. The van der Waals surface area contributed by atoms with Crippen molar-refractivity contribution in [1.82, 2.24) is 20.3 Å². The highest BCUT2D eigenvalue weighted by Gasteiger charge is 2.30. The maximum atomic E-state index is 12.5. The second kappa shape index (κ2) is 6.26. The third-order valence-corrected chi connectivity index (χ3v) is 3.28. The van der Waals surface area contributed by atoms with Gasteiger partial charge in [0.2, 0.25) is 0 Å². The Morgan fingerprint density at radius 2 is 1.90 bits per heavy atom. The zero-order chi connectivity index (χ0) is 15.5. The van der Waals surface area contributed by atoms with E-state index in [1.165, 1.54) is 12.1 Å². The standard InChI is InChI=1S/C14H17F3N4/c1-3-18-12(13-9-19-20-21(13)2)8-10-4-6-11(7-5-10)14(15,16)17/h4-7,9,12,18H,3,8H2,1-2H3. The van der Waals surface area contributed by atoms with Gasteiger partial charge < -0.3 is 5.32 Å². The van der Waals surface area contributed by atoms with Crippen LogP contribution < -0.4 is 5.32 Å². The number of nitrogens with one attached hydrogen (secondary N) is 1. The molecule has 2 aromatic rings. The minimum atomic E-state index is -4.30. The average molecular weight is 298 g/mol. The van der Waals surface area contributed by atoms with Crippen molar-refractivity contribution in [2.45, 2.75) is 25.6 Å². The first kappa shape index (κ1) is 15.5. The summed E-state index contributed by atoms with van der Waals surface area (Å²) in [6.45, 7) is 2.72. The lowest BCUT2D eigenvalue weighted by Gasteiger charge is -2.18. The highest BCUT2D eigenvalue weighted by molar-refractivity contribution is 5.26. The molecule has 114 valence electrons. The lowest BCUT2D eigenvalue weighted by Crippen LogP contribution is -2.25. The molecule has 1 heterocycles. The summed E-state index contributed by atoms with van der Waals surface area (Å²) in [4.78, 5) is 0. The molecular formula is C14H17F3N4. The number of alkyl halides is 3. The van der Waals surface area contributed by atoms with E-state index in [4.69, 9.17) is 0 Å². The SMILES string of the molecule is CCNC(Cc1ccc(C(F)(F)F)cc1)c1cnnn1C. The van der Waals surface area contributed by atoms with Crippen LogP contribution in [0, 0.1) is 0 Å². The number of aromatic nitrogens is 3. The Morgan fingerprint density at radius 1 is 1.24 bits per heavy atom. The first-order chi connectivity index (χ1) is 9.91. The van der Waals surface area contributed by atoms with Crippen LogP contribution in [-0.4, -0.2) is 21.5 Å². The van der Waals surface area contributed by atoms with Gasteiger partial charge >= 0.3 is 6.18 Å². The van der Waals surface area contributed by atoms with Crippen LogP contribution in [0.1, 0.15) is 29.8 Å². The molecule has 1 aromatic carbocycles. The van der Waals surface area contributed by atoms with E-state index in [-0.39, 0.29) is 6.04 Å². The molecule has 0 amide bonds. The second-order valence-corrected chi connectivity index (χ2v) is 4.79. The highest BCUT2D eigenvalue weighted by atomic mass is 19.4. The molecule has 0 spiro atoms. The Hall–Kier alpha value is -1.89. The molecular weight excluding hydrogens is 281 g/mol. The number of halogens is 3. The molecule has 0 aliphatic carbocycles. The lowest BCUT2D eigenvalue weighted by molar-refractivity contribution is -0.137. The van der Waals surface area contributed by atoms with E-state index in [9.17, 15) is 13.2 Å². The largest absolute Gasteiger partial charge is 0.416 e. The quantitative estimate of drug-likeness (QED) is 0.923. The average Bonchev–Trinajstić information content (AvgIpc) is 2.84. The molecule has 0 fully saturated rings. The molecule has 1 atom stereocenters. The van der Waals surface area contributed by atoms with Crippen molar-refractivity contribution in [2.75, 3.05) is 6.54 Å². The number of benzene rings is 1. The second-order valence-electron chi connectivity index (χ2n) is 4.79. The van der Waals surface area contributed by atoms with Crippen LogP contribution in [0.5, 0.6) is 0 Å². The molecule has 7 heteroatoms. The lowest BCUT2D eigenvalue weighted by atomic mass is 10.0. The minimum Gasteiger partial charge on any atom is -0.309 e. The van der Waals surface area contributed by atoms with Crippen molar-refractivity contribution in [2.24, 2.45) is 7.05 Å². The van der Waals surface area contributed by atoms with E-state index >= 15 is 0 Å². The third-order valence-electron chi connectivity index (χ3n) is 3.28. The predicted molar refractivity (Wildman–Crippen MR) is 72.6 cm³/mol. The van der Waals surface area contributed by atoms with E-state index in [0.29, 0.717) is 6.42 Å². The van der Waals surface area contributed by atoms with Gasteiger partial charge in [-0.05, 0) is 30.7 Å². The molecule has 1 unspecified atom stereocenters. The van der Waals surface area contributed by atoms with Crippen LogP contribution >= 0.6 is 0 Å². The summed E-state index contributed by atoms with van der Waals surface area (Å²) >= 11 is 0. The zero-order valence-corrected chi connectivity index (χ0v) is 11.9. The fraction of sp³-hybridized carbons (Fsp3) is 0.429. The molecule has 0 aliphatic rings. The van der Waals surface area contributed by atoms with Crippen LogP contribution in [-0.2, 0) is 19.6 Å². The normalized spacial score (nSPS) is 13.4. The van der Waals surface area contributed by atoms with Gasteiger partial charge in [-0.2, -0.15) is 13.2 Å². The van der Waals surface area contributed by atoms with Crippen LogP contribution in [0.4, 0.5) is 13.2 Å². The van der Waals surface area contributed by atoms with E-state index in [0.717, 1.165) is 29.9 Å². The van der Waals surface area contributed by atoms with Gasteiger partial charge in [-0.1, -0.05) is 24.3 Å². The summed E-state index contributed by atoms with van der Waals surface area (Å²) in [6, 6.07) is 5.21. The molecule has 0 aliphatic heterocycles. The number of hydrogen-bond acceptors (Lipinski definition) is 3. The predicted octanol–water partition coefficient (Wildman–Crippen LogP) is 2.73. The van der Waals surface area contributed by atoms with Crippen LogP contribution in [0.3, 0.4) is 0 Å². The summed E-state index contributed by atoms with van der Waals surface area (Å²) in [6.07, 6.45) is -2.06. The maximum Gasteiger partial charge on any atom is 0.416 e. The number of nitrogens with zero attached hydrogens (tertiary/aromatic N) is 3. The molecule has 0 radical (unpaired) electrons. The minimum absolute atomic E-state index is 0.0354. The maximum absolute atomic E-state index is 12.5. The third kappa shape index (κ3) is 3.81. The number of likely N-dealkylation sites (N-methyl/N-ethyl adjacent to an activating group) is 1.